The van der Waals surface area contributed by atoms with Crippen LogP contribution in [0, 0.1) is 0 Å². The van der Waals surface area contributed by atoms with Gasteiger partial charge in [-0.2, -0.15) is 12.6 Å². The molecular weight excluding hydrogens is 344 g/mol. The number of rotatable bonds is 9. The van der Waals surface area contributed by atoms with Crippen LogP contribution in [-0.2, 0) is 42.9 Å². The maximum absolute atomic E-state index is 11.3. The quantitative estimate of drug-likeness (QED) is 0.257. The number of carbonyl (C=O) groups is 5. The van der Waals surface area contributed by atoms with Gasteiger partial charge in [-0.25, -0.2) is 0 Å². The fourth-order valence-corrected chi connectivity index (χ4v) is 2.11. The van der Waals surface area contributed by atoms with Gasteiger partial charge in [-0.05, 0) is 0 Å². The van der Waals surface area contributed by atoms with E-state index in [1.807, 2.05) is 0 Å². The van der Waals surface area contributed by atoms with Crippen molar-refractivity contribution in [3.05, 3.63) is 0 Å². The molecule has 0 aromatic heterocycles. The molecule has 0 aromatic rings. The summed E-state index contributed by atoms with van der Waals surface area (Å²) < 4.78 is 19.6. The molecule has 0 spiro atoms. The van der Waals surface area contributed by atoms with E-state index in [0.717, 1.165) is 27.7 Å². The summed E-state index contributed by atoms with van der Waals surface area (Å²) in [5.41, 5.74) is 0. The van der Waals surface area contributed by atoms with Gasteiger partial charge in [-0.3, -0.25) is 24.0 Å². The molecule has 9 nitrogen and oxygen atoms in total. The molecule has 0 aliphatic rings. The summed E-state index contributed by atoms with van der Waals surface area (Å²) in [5, 5.41) is -1.16. The molecule has 0 aliphatic carbocycles. The molecule has 24 heavy (non-hydrogen) atoms. The van der Waals surface area contributed by atoms with E-state index in [1.165, 1.54) is 0 Å². The molecule has 0 saturated heterocycles. The number of thiol groups is 1. The summed E-state index contributed by atoms with van der Waals surface area (Å²) >= 11 is 4.14. The molecule has 0 radical (unpaired) electrons. The molecule has 0 amide bonds. The molecule has 0 saturated carbocycles. The van der Waals surface area contributed by atoms with Crippen LogP contribution in [0.5, 0.6) is 0 Å². The third kappa shape index (κ3) is 8.51. The van der Waals surface area contributed by atoms with Crippen molar-refractivity contribution in [3.8, 4) is 0 Å². The van der Waals surface area contributed by atoms with Gasteiger partial charge in [-0.15, -0.1) is 0 Å². The van der Waals surface area contributed by atoms with Crippen molar-refractivity contribution in [2.45, 2.75) is 51.3 Å². The normalized spacial score (nSPS) is 15.2. The van der Waals surface area contributed by atoms with Gasteiger partial charge in [0.2, 0.25) is 0 Å². The summed E-state index contributed by atoms with van der Waals surface area (Å²) in [7, 11) is 0. The predicted octanol–water partition coefficient (Wildman–Crippen LogP) is -0.158. The van der Waals surface area contributed by atoms with Crippen LogP contribution in [0.15, 0.2) is 0 Å². The lowest BCUT2D eigenvalue weighted by Crippen LogP contribution is -2.49. The first-order chi connectivity index (χ1) is 11.1. The second-order valence-corrected chi connectivity index (χ2v) is 5.32. The van der Waals surface area contributed by atoms with Gasteiger partial charge in [-0.1, -0.05) is 0 Å². The first kappa shape index (κ1) is 21.9. The summed E-state index contributed by atoms with van der Waals surface area (Å²) in [5.74, 6) is -2.90. The van der Waals surface area contributed by atoms with Crippen LogP contribution in [0.2, 0.25) is 0 Å². The van der Waals surface area contributed by atoms with Crippen molar-refractivity contribution in [3.63, 3.8) is 0 Å². The number of hydrogen-bond donors (Lipinski definition) is 1. The Balaban J connectivity index is 5.48. The number of aldehydes is 1. The van der Waals surface area contributed by atoms with Crippen LogP contribution in [0.3, 0.4) is 0 Å². The van der Waals surface area contributed by atoms with E-state index in [9.17, 15) is 24.0 Å². The zero-order valence-electron chi connectivity index (χ0n) is 13.7. The van der Waals surface area contributed by atoms with E-state index in [4.69, 9.17) is 18.9 Å². The number of carbonyl (C=O) groups excluding carboxylic acids is 5. The van der Waals surface area contributed by atoms with E-state index < -0.39 is 54.0 Å². The molecule has 0 bridgehead atoms. The topological polar surface area (TPSA) is 122 Å². The standard InChI is InChI=1S/C14H20O9S/c1-7(16)20-6-12(22-9(3)18)13(23-10(4)19)14(24)11(5-15)21-8(2)17/h5,11-14,24H,6H2,1-4H3/t11-,12+,13+,14+/m0/s1. The minimum atomic E-state index is -1.37. The van der Waals surface area contributed by atoms with Gasteiger partial charge >= 0.3 is 23.9 Å². The van der Waals surface area contributed by atoms with E-state index >= 15 is 0 Å². The third-order valence-corrected chi connectivity index (χ3v) is 3.13. The zero-order valence-corrected chi connectivity index (χ0v) is 14.6. The molecule has 0 aliphatic heterocycles. The molecule has 0 rings (SSSR count). The van der Waals surface area contributed by atoms with Crippen LogP contribution in [0.4, 0.5) is 0 Å². The summed E-state index contributed by atoms with van der Waals surface area (Å²) in [4.78, 5) is 55.7. The van der Waals surface area contributed by atoms with Crippen LogP contribution in [-0.4, -0.2) is 60.3 Å². The smallest absolute Gasteiger partial charge is 0.303 e. The Bertz CT molecular complexity index is 491. The Kier molecular flexibility index (Phi) is 9.70. The fourth-order valence-electron chi connectivity index (χ4n) is 1.72. The maximum Gasteiger partial charge on any atom is 0.303 e. The van der Waals surface area contributed by atoms with Gasteiger partial charge in [0, 0.05) is 27.7 Å². The SMILES string of the molecule is CC(=O)OC[C@@H](OC(C)=O)[C@@H](OC(C)=O)[C@H](S)[C@H](C=O)OC(C)=O. The Morgan fingerprint density at radius 1 is 0.875 bits per heavy atom. The van der Waals surface area contributed by atoms with Crippen molar-refractivity contribution < 1.29 is 42.9 Å². The summed E-state index contributed by atoms with van der Waals surface area (Å²) in [6.07, 6.45) is -3.61. The van der Waals surface area contributed by atoms with Crippen molar-refractivity contribution >= 4 is 42.8 Å². The predicted molar refractivity (Wildman–Crippen MR) is 82.1 cm³/mol. The average molecular weight is 364 g/mol. The highest BCUT2D eigenvalue weighted by molar-refractivity contribution is 7.81. The monoisotopic (exact) mass is 364 g/mol. The van der Waals surface area contributed by atoms with Crippen LogP contribution < -0.4 is 0 Å². The zero-order chi connectivity index (χ0) is 18.9. The maximum atomic E-state index is 11.3. The minimum Gasteiger partial charge on any atom is -0.462 e. The largest absolute Gasteiger partial charge is 0.462 e. The first-order valence-electron chi connectivity index (χ1n) is 6.86. The molecule has 0 heterocycles. The highest BCUT2D eigenvalue weighted by atomic mass is 32.1. The van der Waals surface area contributed by atoms with Gasteiger partial charge < -0.3 is 18.9 Å². The number of esters is 4. The van der Waals surface area contributed by atoms with E-state index in [0.29, 0.717) is 6.29 Å². The highest BCUT2D eigenvalue weighted by Crippen LogP contribution is 2.20. The third-order valence-electron chi connectivity index (χ3n) is 2.55. The second kappa shape index (κ2) is 10.6. The Morgan fingerprint density at radius 2 is 1.38 bits per heavy atom. The number of ether oxygens (including phenoxy) is 4. The summed E-state index contributed by atoms with van der Waals surface area (Å²) in [6.45, 7) is 3.97. The minimum absolute atomic E-state index is 0.298. The fraction of sp³-hybridized carbons (Fsp3) is 0.643. The molecule has 136 valence electrons. The van der Waals surface area contributed by atoms with Gasteiger partial charge in [0.25, 0.3) is 0 Å². The molecule has 0 fully saturated rings. The molecule has 0 aromatic carbocycles. The Hall–Kier alpha value is -2.10. The Labute approximate surface area is 144 Å². The van der Waals surface area contributed by atoms with Gasteiger partial charge in [0.15, 0.2) is 24.6 Å². The molecular formula is C14H20O9S. The molecule has 0 unspecified atom stereocenters. The molecule has 4 atom stereocenters. The summed E-state index contributed by atoms with van der Waals surface area (Å²) in [6, 6.07) is 0. The lowest BCUT2D eigenvalue weighted by molar-refractivity contribution is -0.176. The van der Waals surface area contributed by atoms with Crippen molar-refractivity contribution in [1.29, 1.82) is 0 Å². The van der Waals surface area contributed by atoms with Crippen LogP contribution >= 0.6 is 12.6 Å². The number of hydrogen-bond acceptors (Lipinski definition) is 10. The lowest BCUT2D eigenvalue weighted by atomic mass is 10.1. The van der Waals surface area contributed by atoms with Gasteiger partial charge in [0.05, 0.1) is 5.25 Å². The van der Waals surface area contributed by atoms with E-state index in [2.05, 4.69) is 12.6 Å². The molecule has 10 heteroatoms. The Morgan fingerprint density at radius 3 is 1.75 bits per heavy atom. The van der Waals surface area contributed by atoms with Crippen molar-refractivity contribution in [2.75, 3.05) is 6.61 Å². The van der Waals surface area contributed by atoms with E-state index in [1.54, 1.807) is 0 Å². The second-order valence-electron chi connectivity index (χ2n) is 4.73. The van der Waals surface area contributed by atoms with Crippen LogP contribution in [0.1, 0.15) is 27.7 Å². The average Bonchev–Trinajstić information content (AvgIpc) is 2.45. The molecule has 0 N–H and O–H groups in total. The van der Waals surface area contributed by atoms with E-state index in [-0.39, 0.29) is 0 Å². The highest BCUT2D eigenvalue weighted by Gasteiger charge is 2.39. The first-order valence-corrected chi connectivity index (χ1v) is 7.38. The van der Waals surface area contributed by atoms with Crippen molar-refractivity contribution in [2.24, 2.45) is 0 Å². The van der Waals surface area contributed by atoms with Crippen molar-refractivity contribution in [1.82, 2.24) is 0 Å². The van der Waals surface area contributed by atoms with Crippen LogP contribution in [0.25, 0.3) is 0 Å². The lowest BCUT2D eigenvalue weighted by Gasteiger charge is -2.31. The van der Waals surface area contributed by atoms with Gasteiger partial charge in [0.1, 0.15) is 6.61 Å².